The minimum Gasteiger partial charge on any atom is -0.479 e. The number of rotatable bonds is 11. The minimum atomic E-state index is -0.181. The summed E-state index contributed by atoms with van der Waals surface area (Å²) in [5, 5.41) is 19.1. The molecule has 0 aliphatic heterocycles. The Labute approximate surface area is 187 Å². The van der Waals surface area contributed by atoms with Gasteiger partial charge in [-0.05, 0) is 42.7 Å². The summed E-state index contributed by atoms with van der Waals surface area (Å²) in [6.45, 7) is 8.32. The standard InChI is InChI=1S/C23H33NO3S.C2H6/c1-5-21(16-26)28-23(12-13-25)27-22-11-6-17(2)14-19(22)15-18-7-9-20(10-8-18)24(3)4;1-2/h6-11,14,21,23,25-26H,5,12-13,15-16H2,1-4H3;1-2H3. The summed E-state index contributed by atoms with van der Waals surface area (Å²) in [4.78, 5) is 2.09. The van der Waals surface area contributed by atoms with Crippen molar-refractivity contribution in [1.82, 2.24) is 0 Å². The van der Waals surface area contributed by atoms with Crippen molar-refractivity contribution in [1.29, 1.82) is 0 Å². The first-order chi connectivity index (χ1) is 14.5. The zero-order valence-electron chi connectivity index (χ0n) is 19.4. The molecule has 0 aliphatic rings. The predicted octanol–water partition coefficient (Wildman–Crippen LogP) is 5.27. The van der Waals surface area contributed by atoms with Crippen LogP contribution in [0, 0.1) is 6.92 Å². The maximum Gasteiger partial charge on any atom is 0.147 e. The van der Waals surface area contributed by atoms with Crippen LogP contribution in [-0.4, -0.2) is 48.2 Å². The molecule has 0 amide bonds. The van der Waals surface area contributed by atoms with Crippen molar-refractivity contribution in [3.63, 3.8) is 0 Å². The molecular weight excluding hydrogens is 394 g/mol. The summed E-state index contributed by atoms with van der Waals surface area (Å²) in [6.07, 6.45) is 2.19. The number of thioether (sulfide) groups is 1. The Bertz CT molecular complexity index is 715. The van der Waals surface area contributed by atoms with Gasteiger partial charge in [-0.25, -0.2) is 0 Å². The highest BCUT2D eigenvalue weighted by atomic mass is 32.2. The fraction of sp³-hybridized carbons (Fsp3) is 0.520. The van der Waals surface area contributed by atoms with Gasteiger partial charge in [0, 0.05) is 44.5 Å². The van der Waals surface area contributed by atoms with Gasteiger partial charge in [-0.1, -0.05) is 50.6 Å². The Balaban J connectivity index is 0.00000218. The second kappa shape index (κ2) is 14.3. The van der Waals surface area contributed by atoms with Gasteiger partial charge in [0.05, 0.1) is 6.61 Å². The van der Waals surface area contributed by atoms with Crippen LogP contribution in [0.2, 0.25) is 0 Å². The summed E-state index contributed by atoms with van der Waals surface area (Å²) in [5.74, 6) is 0.848. The van der Waals surface area contributed by atoms with E-state index >= 15 is 0 Å². The molecule has 168 valence electrons. The number of nitrogens with zero attached hydrogens (tertiary/aromatic N) is 1. The van der Waals surface area contributed by atoms with Crippen molar-refractivity contribution in [2.75, 3.05) is 32.2 Å². The van der Waals surface area contributed by atoms with Crippen LogP contribution in [-0.2, 0) is 6.42 Å². The molecule has 2 N–H and O–H groups in total. The monoisotopic (exact) mass is 433 g/mol. The van der Waals surface area contributed by atoms with Crippen LogP contribution >= 0.6 is 11.8 Å². The second-order valence-corrected chi connectivity index (χ2v) is 8.72. The second-order valence-electron chi connectivity index (χ2n) is 7.26. The molecule has 4 nitrogen and oxygen atoms in total. The molecule has 30 heavy (non-hydrogen) atoms. The zero-order chi connectivity index (χ0) is 22.5. The highest BCUT2D eigenvalue weighted by molar-refractivity contribution is 8.00. The van der Waals surface area contributed by atoms with Crippen molar-refractivity contribution < 1.29 is 14.9 Å². The van der Waals surface area contributed by atoms with E-state index in [0.717, 1.165) is 24.2 Å². The van der Waals surface area contributed by atoms with E-state index in [4.69, 9.17) is 4.74 Å². The van der Waals surface area contributed by atoms with Crippen molar-refractivity contribution in [2.24, 2.45) is 0 Å². The van der Waals surface area contributed by atoms with Gasteiger partial charge in [0.15, 0.2) is 0 Å². The SMILES string of the molecule is CC.CCC(CO)SC(CCO)Oc1ccc(C)cc1Cc1ccc(N(C)C)cc1. The van der Waals surface area contributed by atoms with Gasteiger partial charge in [-0.2, -0.15) is 0 Å². The van der Waals surface area contributed by atoms with E-state index in [2.05, 4.69) is 55.1 Å². The van der Waals surface area contributed by atoms with Crippen molar-refractivity contribution in [3.8, 4) is 5.75 Å². The van der Waals surface area contributed by atoms with Crippen molar-refractivity contribution in [3.05, 3.63) is 59.2 Å². The zero-order valence-corrected chi connectivity index (χ0v) is 20.2. The van der Waals surface area contributed by atoms with E-state index in [9.17, 15) is 10.2 Å². The number of anilines is 1. The van der Waals surface area contributed by atoms with Crippen LogP contribution < -0.4 is 9.64 Å². The summed E-state index contributed by atoms with van der Waals surface area (Å²) < 4.78 is 6.29. The quantitative estimate of drug-likeness (QED) is 0.473. The lowest BCUT2D eigenvalue weighted by Gasteiger charge is -2.23. The molecule has 2 atom stereocenters. The Morgan fingerprint density at radius 1 is 1.03 bits per heavy atom. The largest absolute Gasteiger partial charge is 0.479 e. The van der Waals surface area contributed by atoms with Crippen LogP contribution in [0.5, 0.6) is 5.75 Å². The van der Waals surface area contributed by atoms with E-state index in [1.54, 1.807) is 11.8 Å². The molecule has 0 fully saturated rings. The molecule has 0 bridgehead atoms. The molecule has 2 rings (SSSR count). The maximum absolute atomic E-state index is 9.51. The molecule has 0 radical (unpaired) electrons. The number of hydrogen-bond acceptors (Lipinski definition) is 5. The lowest BCUT2D eigenvalue weighted by Crippen LogP contribution is -2.21. The van der Waals surface area contributed by atoms with E-state index in [0.29, 0.717) is 6.42 Å². The molecule has 2 aromatic carbocycles. The van der Waals surface area contributed by atoms with Crippen LogP contribution in [0.15, 0.2) is 42.5 Å². The lowest BCUT2D eigenvalue weighted by molar-refractivity contribution is 0.211. The van der Waals surface area contributed by atoms with Crippen molar-refractivity contribution >= 4 is 17.4 Å². The molecule has 0 aliphatic carbocycles. The summed E-state index contributed by atoms with van der Waals surface area (Å²) >= 11 is 1.60. The molecular formula is C25H39NO3S. The molecule has 5 heteroatoms. The molecule has 2 unspecified atom stereocenters. The Morgan fingerprint density at radius 2 is 1.70 bits per heavy atom. The lowest BCUT2D eigenvalue weighted by atomic mass is 10.0. The Morgan fingerprint density at radius 3 is 2.23 bits per heavy atom. The molecule has 0 saturated heterocycles. The summed E-state index contributed by atoms with van der Waals surface area (Å²) in [5.41, 5.74) is 4.56. The normalized spacial score (nSPS) is 12.5. The summed E-state index contributed by atoms with van der Waals surface area (Å²) in [6, 6.07) is 14.8. The van der Waals surface area contributed by atoms with Crippen LogP contribution in [0.3, 0.4) is 0 Å². The smallest absolute Gasteiger partial charge is 0.147 e. The van der Waals surface area contributed by atoms with Crippen LogP contribution in [0.4, 0.5) is 5.69 Å². The topological polar surface area (TPSA) is 52.9 Å². The Kier molecular flexibility index (Phi) is 12.6. The number of aryl methyl sites for hydroxylation is 1. The first-order valence-electron chi connectivity index (χ1n) is 10.9. The first-order valence-corrected chi connectivity index (χ1v) is 11.8. The third kappa shape index (κ3) is 8.58. The molecule has 0 heterocycles. The average molecular weight is 434 g/mol. The highest BCUT2D eigenvalue weighted by Gasteiger charge is 2.18. The van der Waals surface area contributed by atoms with Gasteiger partial charge in [0.2, 0.25) is 0 Å². The first kappa shape index (κ1) is 26.3. The highest BCUT2D eigenvalue weighted by Crippen LogP contribution is 2.30. The predicted molar refractivity (Wildman–Crippen MR) is 131 cm³/mol. The number of aliphatic hydroxyl groups excluding tert-OH is 2. The van der Waals surface area contributed by atoms with E-state index in [1.165, 1.54) is 16.8 Å². The fourth-order valence-electron chi connectivity index (χ4n) is 2.98. The molecule has 0 saturated carbocycles. The molecule has 2 aromatic rings. The van der Waals surface area contributed by atoms with Gasteiger partial charge >= 0.3 is 0 Å². The number of aliphatic hydroxyl groups is 2. The van der Waals surface area contributed by atoms with E-state index in [-0.39, 0.29) is 23.9 Å². The molecule has 0 spiro atoms. The Hall–Kier alpha value is -1.69. The van der Waals surface area contributed by atoms with Gasteiger partial charge < -0.3 is 19.8 Å². The van der Waals surface area contributed by atoms with Gasteiger partial charge in [-0.3, -0.25) is 0 Å². The number of benzene rings is 2. The third-order valence-corrected chi connectivity index (χ3v) is 6.19. The third-order valence-electron chi connectivity index (χ3n) is 4.69. The summed E-state index contributed by atoms with van der Waals surface area (Å²) in [7, 11) is 4.08. The van der Waals surface area contributed by atoms with Gasteiger partial charge in [0.1, 0.15) is 11.2 Å². The van der Waals surface area contributed by atoms with Gasteiger partial charge in [0.25, 0.3) is 0 Å². The van der Waals surface area contributed by atoms with Crippen LogP contribution in [0.1, 0.15) is 50.3 Å². The van der Waals surface area contributed by atoms with Gasteiger partial charge in [-0.15, -0.1) is 11.8 Å². The average Bonchev–Trinajstić information content (AvgIpc) is 2.75. The maximum atomic E-state index is 9.51. The molecule has 0 aromatic heterocycles. The number of hydrogen-bond donors (Lipinski definition) is 2. The van der Waals surface area contributed by atoms with E-state index in [1.807, 2.05) is 34.0 Å². The number of ether oxygens (including phenoxy) is 1. The van der Waals surface area contributed by atoms with Crippen molar-refractivity contribution in [2.45, 2.75) is 57.6 Å². The van der Waals surface area contributed by atoms with Crippen LogP contribution in [0.25, 0.3) is 0 Å². The minimum absolute atomic E-state index is 0.0622. The fourth-order valence-corrected chi connectivity index (χ4v) is 4.09. The van der Waals surface area contributed by atoms with E-state index < -0.39 is 0 Å².